The van der Waals surface area contributed by atoms with Crippen LogP contribution in [0.5, 0.6) is 0 Å². The molecule has 1 atom stereocenters. The van der Waals surface area contributed by atoms with Crippen molar-refractivity contribution in [3.8, 4) is 0 Å². The summed E-state index contributed by atoms with van der Waals surface area (Å²) in [5.41, 5.74) is 0. The van der Waals surface area contributed by atoms with Gasteiger partial charge in [0.15, 0.2) is 5.25 Å². The summed E-state index contributed by atoms with van der Waals surface area (Å²) in [5.74, 6) is -1.09. The van der Waals surface area contributed by atoms with Gasteiger partial charge in [0.25, 0.3) is 0 Å². The normalized spacial score (nSPS) is 12.8. The molecule has 0 aliphatic heterocycles. The minimum atomic E-state index is -1.09. The van der Waals surface area contributed by atoms with Gasteiger partial charge in [0.1, 0.15) is 6.29 Å². The standard InChI is InChI=1S/C9H6O3S3/c10-4-6(8(11)12)14-7-3-5-1-2-13-9(5)15-7/h1-4,6H,(H,11,12). The Balaban J connectivity index is 2.21. The molecule has 1 N–H and O–H groups in total. The number of hydrogen-bond acceptors (Lipinski definition) is 5. The number of carboxylic acid groups (broad SMARTS) is 1. The van der Waals surface area contributed by atoms with E-state index in [2.05, 4.69) is 0 Å². The van der Waals surface area contributed by atoms with E-state index in [1.165, 1.54) is 11.3 Å². The van der Waals surface area contributed by atoms with Crippen LogP contribution in [0.1, 0.15) is 0 Å². The number of aliphatic carboxylic acids is 1. The Labute approximate surface area is 97.7 Å². The molecule has 0 radical (unpaired) electrons. The van der Waals surface area contributed by atoms with E-state index in [0.717, 1.165) is 25.4 Å². The Morgan fingerprint density at radius 1 is 1.60 bits per heavy atom. The number of rotatable bonds is 4. The molecule has 2 aromatic rings. The third-order valence-corrected chi connectivity index (χ3v) is 5.19. The second kappa shape index (κ2) is 4.34. The number of thiophene rings is 2. The van der Waals surface area contributed by atoms with E-state index in [0.29, 0.717) is 6.29 Å². The molecule has 1 unspecified atom stereocenters. The monoisotopic (exact) mass is 258 g/mol. The zero-order chi connectivity index (χ0) is 10.8. The van der Waals surface area contributed by atoms with Crippen LogP contribution >= 0.6 is 34.4 Å². The van der Waals surface area contributed by atoms with Gasteiger partial charge in [-0.1, -0.05) is 11.8 Å². The van der Waals surface area contributed by atoms with E-state index >= 15 is 0 Å². The number of carboxylic acids is 1. The van der Waals surface area contributed by atoms with Gasteiger partial charge in [-0.25, -0.2) is 0 Å². The van der Waals surface area contributed by atoms with Crippen LogP contribution < -0.4 is 0 Å². The van der Waals surface area contributed by atoms with Crippen LogP contribution in [0.2, 0.25) is 0 Å². The summed E-state index contributed by atoms with van der Waals surface area (Å²) in [6.07, 6.45) is 0.459. The van der Waals surface area contributed by atoms with Crippen molar-refractivity contribution in [3.63, 3.8) is 0 Å². The van der Waals surface area contributed by atoms with Crippen LogP contribution in [0.3, 0.4) is 0 Å². The van der Waals surface area contributed by atoms with Crippen molar-refractivity contribution in [3.05, 3.63) is 17.5 Å². The summed E-state index contributed by atoms with van der Waals surface area (Å²) < 4.78 is 2.03. The van der Waals surface area contributed by atoms with Gasteiger partial charge in [0, 0.05) is 5.39 Å². The van der Waals surface area contributed by atoms with Crippen molar-refractivity contribution in [2.24, 2.45) is 0 Å². The van der Waals surface area contributed by atoms with Gasteiger partial charge in [-0.15, -0.1) is 22.7 Å². The molecule has 0 saturated carbocycles. The smallest absolute Gasteiger partial charge is 0.324 e. The number of carbonyl (C=O) groups is 2. The molecule has 2 heterocycles. The lowest BCUT2D eigenvalue weighted by Crippen LogP contribution is -2.16. The number of thioether (sulfide) groups is 1. The van der Waals surface area contributed by atoms with Crippen molar-refractivity contribution < 1.29 is 14.7 Å². The van der Waals surface area contributed by atoms with Gasteiger partial charge in [0.2, 0.25) is 0 Å². The highest BCUT2D eigenvalue weighted by atomic mass is 32.2. The van der Waals surface area contributed by atoms with Crippen molar-refractivity contribution in [1.82, 2.24) is 0 Å². The molecule has 3 nitrogen and oxygen atoms in total. The SMILES string of the molecule is O=CC(Sc1cc2ccsc2s1)C(=O)O. The topological polar surface area (TPSA) is 54.4 Å². The van der Waals surface area contributed by atoms with Gasteiger partial charge < -0.3 is 9.90 Å². The summed E-state index contributed by atoms with van der Waals surface area (Å²) in [7, 11) is 0. The van der Waals surface area contributed by atoms with Gasteiger partial charge in [-0.2, -0.15) is 0 Å². The molecule has 0 bridgehead atoms. The molecule has 0 aliphatic rings. The minimum Gasteiger partial charge on any atom is -0.480 e. The highest BCUT2D eigenvalue weighted by Crippen LogP contribution is 2.37. The predicted octanol–water partition coefficient (Wildman–Crippen LogP) is 2.71. The summed E-state index contributed by atoms with van der Waals surface area (Å²) in [4.78, 5) is 21.2. The van der Waals surface area contributed by atoms with Crippen LogP contribution in [0, 0.1) is 0 Å². The number of fused-ring (bicyclic) bond motifs is 1. The fourth-order valence-electron chi connectivity index (χ4n) is 1.06. The predicted molar refractivity (Wildman–Crippen MR) is 63.0 cm³/mol. The molecule has 78 valence electrons. The van der Waals surface area contributed by atoms with E-state index in [-0.39, 0.29) is 0 Å². The maximum absolute atomic E-state index is 10.6. The third-order valence-electron chi connectivity index (χ3n) is 1.74. The first-order valence-electron chi connectivity index (χ1n) is 4.02. The Bertz CT molecular complexity index is 471. The van der Waals surface area contributed by atoms with E-state index < -0.39 is 11.2 Å². The lowest BCUT2D eigenvalue weighted by Gasteiger charge is -2.00. The van der Waals surface area contributed by atoms with Gasteiger partial charge in [-0.3, -0.25) is 4.79 Å². The Morgan fingerprint density at radius 3 is 3.00 bits per heavy atom. The molecule has 6 heteroatoms. The molecule has 2 aromatic heterocycles. The van der Waals surface area contributed by atoms with E-state index in [4.69, 9.17) is 5.11 Å². The number of carbonyl (C=O) groups excluding carboxylic acids is 1. The molecular weight excluding hydrogens is 252 g/mol. The van der Waals surface area contributed by atoms with Crippen molar-refractivity contribution in [1.29, 1.82) is 0 Å². The zero-order valence-corrected chi connectivity index (χ0v) is 9.82. The molecular formula is C9H6O3S3. The van der Waals surface area contributed by atoms with Crippen LogP contribution in [0.15, 0.2) is 21.7 Å². The van der Waals surface area contributed by atoms with Gasteiger partial charge in [0.05, 0.1) is 8.22 Å². The number of hydrogen-bond donors (Lipinski definition) is 1. The summed E-state index contributed by atoms with van der Waals surface area (Å²) in [6, 6.07) is 3.90. The van der Waals surface area contributed by atoms with Crippen LogP contribution in [-0.4, -0.2) is 22.6 Å². The Hall–Kier alpha value is -0.850. The summed E-state index contributed by atoms with van der Waals surface area (Å²) in [6.45, 7) is 0. The Morgan fingerprint density at radius 2 is 2.40 bits per heavy atom. The summed E-state index contributed by atoms with van der Waals surface area (Å²) in [5, 5.41) is 10.8. The molecule has 0 saturated heterocycles. The average molecular weight is 258 g/mol. The maximum atomic E-state index is 10.6. The Kier molecular flexibility index (Phi) is 3.08. The minimum absolute atomic E-state index is 0.459. The lowest BCUT2D eigenvalue weighted by molar-refractivity contribution is -0.137. The molecule has 0 aromatic carbocycles. The largest absolute Gasteiger partial charge is 0.480 e. The molecule has 2 rings (SSSR count). The van der Waals surface area contributed by atoms with E-state index in [1.807, 2.05) is 17.5 Å². The van der Waals surface area contributed by atoms with Crippen LogP contribution in [0.25, 0.3) is 9.40 Å². The number of aldehydes is 1. The van der Waals surface area contributed by atoms with Crippen molar-refractivity contribution >= 4 is 56.1 Å². The van der Waals surface area contributed by atoms with Gasteiger partial charge in [-0.05, 0) is 17.5 Å². The first-order valence-corrected chi connectivity index (χ1v) is 6.60. The van der Waals surface area contributed by atoms with E-state index in [1.54, 1.807) is 11.3 Å². The average Bonchev–Trinajstić information content (AvgIpc) is 2.72. The fourth-order valence-corrected chi connectivity index (χ4v) is 4.42. The second-order valence-corrected chi connectivity index (χ2v) is 6.41. The van der Waals surface area contributed by atoms with Crippen LogP contribution in [-0.2, 0) is 9.59 Å². The van der Waals surface area contributed by atoms with Crippen molar-refractivity contribution in [2.75, 3.05) is 0 Å². The quantitative estimate of drug-likeness (QED) is 0.520. The molecule has 15 heavy (non-hydrogen) atoms. The molecule has 0 amide bonds. The van der Waals surface area contributed by atoms with E-state index in [9.17, 15) is 9.59 Å². The van der Waals surface area contributed by atoms with Crippen molar-refractivity contribution in [2.45, 2.75) is 9.46 Å². The second-order valence-electron chi connectivity index (χ2n) is 2.74. The molecule has 0 aliphatic carbocycles. The zero-order valence-electron chi connectivity index (χ0n) is 7.38. The summed E-state index contributed by atoms with van der Waals surface area (Å²) >= 11 is 4.23. The first-order chi connectivity index (χ1) is 7.20. The molecule has 0 spiro atoms. The highest BCUT2D eigenvalue weighted by molar-refractivity contribution is 8.03. The fraction of sp³-hybridized carbons (Fsp3) is 0.111. The molecule has 0 fully saturated rings. The third kappa shape index (κ3) is 2.22. The first kappa shape index (κ1) is 10.7. The van der Waals surface area contributed by atoms with Crippen LogP contribution in [0.4, 0.5) is 0 Å². The van der Waals surface area contributed by atoms with Gasteiger partial charge >= 0.3 is 5.97 Å². The highest BCUT2D eigenvalue weighted by Gasteiger charge is 2.19. The lowest BCUT2D eigenvalue weighted by atomic mass is 10.4. The maximum Gasteiger partial charge on any atom is 0.324 e.